The zero-order valence-corrected chi connectivity index (χ0v) is 13.6. The molecule has 130 valence electrons. The molecule has 0 radical (unpaired) electrons. The van der Waals surface area contributed by atoms with Gasteiger partial charge in [-0.2, -0.15) is 0 Å². The van der Waals surface area contributed by atoms with Crippen LogP contribution in [0.25, 0.3) is 6.08 Å². The van der Waals surface area contributed by atoms with Gasteiger partial charge in [0.15, 0.2) is 0 Å². The maximum absolute atomic E-state index is 12.3. The molecule has 0 unspecified atom stereocenters. The number of fused-ring (bicyclic) bond motifs is 1. The van der Waals surface area contributed by atoms with Gasteiger partial charge in [-0.3, -0.25) is 4.79 Å². The first-order chi connectivity index (χ1) is 11.4. The third-order valence-corrected chi connectivity index (χ3v) is 3.84. The number of Topliss-reactive ketones (excluding diaryl/α,β-unsaturated/α-hetero) is 1. The first-order valence-corrected chi connectivity index (χ1v) is 8.00. The molecule has 0 saturated carbocycles. The number of ether oxygens (including phenoxy) is 1. The van der Waals surface area contributed by atoms with E-state index in [2.05, 4.69) is 0 Å². The van der Waals surface area contributed by atoms with E-state index in [-0.39, 0.29) is 35.7 Å². The van der Waals surface area contributed by atoms with Gasteiger partial charge in [-0.1, -0.05) is 12.2 Å². The van der Waals surface area contributed by atoms with Crippen molar-refractivity contribution in [3.8, 4) is 11.5 Å². The smallest absolute Gasteiger partial charge is 0.342 e. The summed E-state index contributed by atoms with van der Waals surface area (Å²) in [5, 5.41) is 29.5. The summed E-state index contributed by atoms with van der Waals surface area (Å²) in [4.78, 5) is 24.1. The fraction of sp³-hybridized carbons (Fsp3) is 0.444. The van der Waals surface area contributed by atoms with E-state index in [1.165, 1.54) is 6.07 Å². The number of esters is 1. The zero-order chi connectivity index (χ0) is 17.7. The van der Waals surface area contributed by atoms with Crippen LogP contribution in [-0.2, 0) is 9.53 Å². The van der Waals surface area contributed by atoms with Crippen LogP contribution in [-0.4, -0.2) is 39.3 Å². The molecule has 2 atom stereocenters. The molecule has 1 aromatic rings. The van der Waals surface area contributed by atoms with Gasteiger partial charge in [-0.25, -0.2) is 4.79 Å². The number of carbonyl (C=O) groups excluding carboxylic acids is 2. The van der Waals surface area contributed by atoms with Crippen LogP contribution in [0.5, 0.6) is 11.5 Å². The highest BCUT2D eigenvalue weighted by atomic mass is 16.5. The Balaban J connectivity index is 2.34. The monoisotopic (exact) mass is 334 g/mol. The second-order valence-electron chi connectivity index (χ2n) is 6.07. The van der Waals surface area contributed by atoms with Gasteiger partial charge in [0.25, 0.3) is 0 Å². The van der Waals surface area contributed by atoms with Crippen molar-refractivity contribution < 1.29 is 29.6 Å². The van der Waals surface area contributed by atoms with E-state index in [1.807, 2.05) is 0 Å². The predicted molar refractivity (Wildman–Crippen MR) is 87.8 cm³/mol. The maximum atomic E-state index is 12.3. The molecule has 1 aliphatic rings. The molecular formula is C18H22O6. The van der Waals surface area contributed by atoms with Crippen molar-refractivity contribution in [1.29, 1.82) is 0 Å². The Morgan fingerprint density at radius 3 is 2.71 bits per heavy atom. The number of carbonyl (C=O) groups is 2. The van der Waals surface area contributed by atoms with Gasteiger partial charge in [0.2, 0.25) is 0 Å². The normalized spacial score (nSPS) is 24.6. The van der Waals surface area contributed by atoms with E-state index in [4.69, 9.17) is 4.74 Å². The van der Waals surface area contributed by atoms with Crippen LogP contribution < -0.4 is 0 Å². The summed E-state index contributed by atoms with van der Waals surface area (Å²) in [6, 6.07) is 2.44. The first kappa shape index (κ1) is 18.0. The number of cyclic esters (lactones) is 1. The largest absolute Gasteiger partial charge is 0.508 e. The number of hydrogen-bond acceptors (Lipinski definition) is 6. The topological polar surface area (TPSA) is 104 Å². The SMILES string of the molecule is C[C@H]1C[C@H](O)CC(=O)CCC/C=C/c2cc(O)cc(O)c2C(=O)O1. The zero-order valence-electron chi connectivity index (χ0n) is 13.6. The van der Waals surface area contributed by atoms with Crippen LogP contribution in [0.4, 0.5) is 0 Å². The van der Waals surface area contributed by atoms with Crippen molar-refractivity contribution in [3.63, 3.8) is 0 Å². The molecule has 1 heterocycles. The lowest BCUT2D eigenvalue weighted by atomic mass is 10.0. The van der Waals surface area contributed by atoms with Crippen molar-refractivity contribution in [2.75, 3.05) is 0 Å². The molecule has 6 heteroatoms. The highest BCUT2D eigenvalue weighted by Crippen LogP contribution is 2.30. The van der Waals surface area contributed by atoms with Gasteiger partial charge in [0.05, 0.1) is 6.10 Å². The van der Waals surface area contributed by atoms with Crippen molar-refractivity contribution in [2.24, 2.45) is 0 Å². The van der Waals surface area contributed by atoms with Gasteiger partial charge in [0.1, 0.15) is 28.9 Å². The second-order valence-corrected chi connectivity index (χ2v) is 6.07. The van der Waals surface area contributed by atoms with Gasteiger partial charge in [-0.05, 0) is 31.4 Å². The number of aromatic hydroxyl groups is 2. The van der Waals surface area contributed by atoms with Gasteiger partial charge < -0.3 is 20.1 Å². The molecule has 0 fully saturated rings. The number of rotatable bonds is 0. The number of allylic oxidation sites excluding steroid dienone is 1. The molecule has 0 amide bonds. The standard InChI is InChI=1S/C18H22O6/c1-11-7-14(20)9-13(19)6-4-2-3-5-12-8-15(21)10-16(22)17(12)18(23)24-11/h3,5,8,10-11,14,20-22H,2,4,6-7,9H2,1H3/b5-3+/t11-,14-/m0/s1. The molecule has 0 spiro atoms. The number of phenolic OH excluding ortho intramolecular Hbond substituents is 2. The predicted octanol–water partition coefficient (Wildman–Crippen LogP) is 2.55. The molecule has 1 aromatic carbocycles. The van der Waals surface area contributed by atoms with Crippen LogP contribution in [0.15, 0.2) is 18.2 Å². The highest BCUT2D eigenvalue weighted by Gasteiger charge is 2.22. The minimum atomic E-state index is -0.869. The Labute approximate surface area is 140 Å². The Kier molecular flexibility index (Phi) is 5.98. The van der Waals surface area contributed by atoms with Crippen LogP contribution in [0.3, 0.4) is 0 Å². The summed E-state index contributed by atoms with van der Waals surface area (Å²) in [7, 11) is 0. The summed E-state index contributed by atoms with van der Waals surface area (Å²) in [5.74, 6) is -1.30. The average molecular weight is 334 g/mol. The minimum absolute atomic E-state index is 0.0258. The van der Waals surface area contributed by atoms with Crippen molar-refractivity contribution in [2.45, 2.75) is 51.2 Å². The fourth-order valence-corrected chi connectivity index (χ4v) is 2.74. The van der Waals surface area contributed by atoms with Crippen molar-refractivity contribution in [1.82, 2.24) is 0 Å². The van der Waals surface area contributed by atoms with E-state index in [9.17, 15) is 24.9 Å². The lowest BCUT2D eigenvalue weighted by molar-refractivity contribution is -0.121. The summed E-state index contributed by atoms with van der Waals surface area (Å²) in [6.45, 7) is 1.62. The van der Waals surface area contributed by atoms with E-state index < -0.39 is 18.2 Å². The number of aliphatic hydroxyl groups excluding tert-OH is 1. The van der Waals surface area contributed by atoms with Crippen molar-refractivity contribution in [3.05, 3.63) is 29.3 Å². The maximum Gasteiger partial charge on any atom is 0.342 e. The third-order valence-electron chi connectivity index (χ3n) is 3.84. The highest BCUT2D eigenvalue weighted by molar-refractivity contribution is 5.97. The summed E-state index contributed by atoms with van der Waals surface area (Å²) >= 11 is 0. The third kappa shape index (κ3) is 4.83. The van der Waals surface area contributed by atoms with Crippen LogP contribution in [0.2, 0.25) is 0 Å². The lowest BCUT2D eigenvalue weighted by Gasteiger charge is -2.18. The second kappa shape index (κ2) is 7.97. The summed E-state index contributed by atoms with van der Waals surface area (Å²) in [5.41, 5.74) is 0.312. The number of phenols is 2. The molecule has 3 N–H and O–H groups in total. The molecular weight excluding hydrogens is 312 g/mol. The van der Waals surface area contributed by atoms with Crippen molar-refractivity contribution >= 4 is 17.8 Å². The molecule has 0 saturated heterocycles. The van der Waals surface area contributed by atoms with Crippen LogP contribution in [0, 0.1) is 0 Å². The Bertz CT molecular complexity index is 649. The van der Waals surface area contributed by atoms with Gasteiger partial charge in [-0.15, -0.1) is 0 Å². The Morgan fingerprint density at radius 2 is 1.96 bits per heavy atom. The number of aliphatic hydroxyl groups is 1. The quantitative estimate of drug-likeness (QED) is 0.630. The van der Waals surface area contributed by atoms with E-state index in [1.54, 1.807) is 19.1 Å². The molecule has 6 nitrogen and oxygen atoms in total. The van der Waals surface area contributed by atoms with Crippen LogP contribution >= 0.6 is 0 Å². The molecule has 0 bridgehead atoms. The summed E-state index contributed by atoms with van der Waals surface area (Å²) < 4.78 is 5.26. The Morgan fingerprint density at radius 1 is 1.21 bits per heavy atom. The first-order valence-electron chi connectivity index (χ1n) is 8.00. The van der Waals surface area contributed by atoms with E-state index in [0.29, 0.717) is 24.8 Å². The fourth-order valence-electron chi connectivity index (χ4n) is 2.74. The molecule has 0 aliphatic carbocycles. The molecule has 24 heavy (non-hydrogen) atoms. The van der Waals surface area contributed by atoms with Gasteiger partial charge >= 0.3 is 5.97 Å². The lowest BCUT2D eigenvalue weighted by Crippen LogP contribution is -2.23. The van der Waals surface area contributed by atoms with E-state index >= 15 is 0 Å². The number of benzene rings is 1. The number of hydrogen-bond donors (Lipinski definition) is 3. The van der Waals surface area contributed by atoms with Crippen LogP contribution in [0.1, 0.15) is 54.9 Å². The van der Waals surface area contributed by atoms with Gasteiger partial charge in [0, 0.05) is 25.3 Å². The average Bonchev–Trinajstić information content (AvgIpc) is 2.44. The summed E-state index contributed by atoms with van der Waals surface area (Å²) in [6.07, 6.45) is 3.68. The Hall–Kier alpha value is -2.34. The molecule has 2 rings (SSSR count). The van der Waals surface area contributed by atoms with E-state index in [0.717, 1.165) is 6.07 Å². The molecule has 0 aromatic heterocycles. The number of ketones is 1. The molecule has 1 aliphatic heterocycles. The minimum Gasteiger partial charge on any atom is -0.508 e.